The summed E-state index contributed by atoms with van der Waals surface area (Å²) >= 11 is 1.49. The van der Waals surface area contributed by atoms with Crippen LogP contribution in [0, 0.1) is 0 Å². The fraction of sp³-hybridized carbons (Fsp3) is 0.588. The molecule has 0 bridgehead atoms. The van der Waals surface area contributed by atoms with Crippen molar-refractivity contribution < 1.29 is 24.6 Å². The minimum Gasteiger partial charge on any atom is -0.480 e. The highest BCUT2D eigenvalue weighted by molar-refractivity contribution is 7.09. The molecule has 0 radical (unpaired) electrons. The van der Waals surface area contributed by atoms with Gasteiger partial charge in [0, 0.05) is 17.8 Å². The van der Waals surface area contributed by atoms with Gasteiger partial charge in [0.05, 0.1) is 12.6 Å². The highest BCUT2D eigenvalue weighted by Gasteiger charge is 2.50. The molecule has 1 aliphatic rings. The normalized spacial score (nSPS) is 21.2. The first-order valence-corrected chi connectivity index (χ1v) is 9.31. The van der Waals surface area contributed by atoms with Crippen molar-refractivity contribution in [3.8, 4) is 0 Å². The third-order valence-corrected chi connectivity index (χ3v) is 5.50. The van der Waals surface area contributed by atoms with Gasteiger partial charge in [0.15, 0.2) is 0 Å². The van der Waals surface area contributed by atoms with Gasteiger partial charge in [0.1, 0.15) is 5.54 Å². The van der Waals surface area contributed by atoms with Crippen LogP contribution in [0.2, 0.25) is 0 Å². The van der Waals surface area contributed by atoms with Crippen LogP contribution in [0.25, 0.3) is 0 Å². The molecule has 138 valence electrons. The number of hydrogen-bond acceptors (Lipinski definition) is 5. The number of rotatable bonds is 9. The summed E-state index contributed by atoms with van der Waals surface area (Å²) in [7, 11) is 0. The Kier molecular flexibility index (Phi) is 6.55. The van der Waals surface area contributed by atoms with Crippen LogP contribution in [0.5, 0.6) is 0 Å². The number of thiophene rings is 1. The van der Waals surface area contributed by atoms with Crippen LogP contribution < -0.4 is 5.32 Å². The molecule has 1 amide bonds. The highest BCUT2D eigenvalue weighted by Crippen LogP contribution is 2.35. The summed E-state index contributed by atoms with van der Waals surface area (Å²) in [5.41, 5.74) is -1.18. The van der Waals surface area contributed by atoms with E-state index in [1.165, 1.54) is 16.2 Å². The first-order valence-electron chi connectivity index (χ1n) is 8.43. The molecule has 0 spiro atoms. The van der Waals surface area contributed by atoms with E-state index in [-0.39, 0.29) is 12.5 Å². The van der Waals surface area contributed by atoms with E-state index in [1.807, 2.05) is 24.4 Å². The maximum Gasteiger partial charge on any atom is 0.329 e. The number of carboxylic acid groups (broad SMARTS) is 2. The maximum atomic E-state index is 13.1. The summed E-state index contributed by atoms with van der Waals surface area (Å²) in [6, 6.07) is 3.00. The zero-order valence-corrected chi connectivity index (χ0v) is 15.1. The molecule has 1 saturated heterocycles. The zero-order valence-electron chi connectivity index (χ0n) is 14.2. The van der Waals surface area contributed by atoms with Gasteiger partial charge in [-0.15, -0.1) is 11.3 Å². The van der Waals surface area contributed by atoms with Gasteiger partial charge in [-0.1, -0.05) is 19.4 Å². The van der Waals surface area contributed by atoms with Crippen molar-refractivity contribution in [1.82, 2.24) is 10.2 Å². The number of hydrogen-bond donors (Lipinski definition) is 3. The van der Waals surface area contributed by atoms with Gasteiger partial charge in [0.25, 0.3) is 0 Å². The minimum absolute atomic E-state index is 0.331. The second-order valence-corrected chi connectivity index (χ2v) is 7.32. The van der Waals surface area contributed by atoms with Crippen molar-refractivity contribution in [2.75, 3.05) is 13.1 Å². The Bertz CT molecular complexity index is 619. The molecule has 1 aromatic heterocycles. The van der Waals surface area contributed by atoms with Gasteiger partial charge in [-0.3, -0.25) is 14.9 Å². The Morgan fingerprint density at radius 2 is 2.16 bits per heavy atom. The first kappa shape index (κ1) is 19.4. The Labute approximate surface area is 150 Å². The predicted molar refractivity (Wildman–Crippen MR) is 93.7 cm³/mol. The Hall–Kier alpha value is -1.93. The summed E-state index contributed by atoms with van der Waals surface area (Å²) < 4.78 is 0. The summed E-state index contributed by atoms with van der Waals surface area (Å²) in [6.45, 7) is 1.95. The van der Waals surface area contributed by atoms with Crippen LogP contribution in [-0.4, -0.2) is 57.6 Å². The van der Waals surface area contributed by atoms with Crippen LogP contribution in [0.3, 0.4) is 0 Å². The average Bonchev–Trinajstić information content (AvgIpc) is 3.21. The largest absolute Gasteiger partial charge is 0.480 e. The lowest BCUT2D eigenvalue weighted by Gasteiger charge is -2.37. The van der Waals surface area contributed by atoms with Gasteiger partial charge in [-0.25, -0.2) is 4.79 Å². The molecular formula is C17H24N2O5S. The van der Waals surface area contributed by atoms with E-state index in [4.69, 9.17) is 5.11 Å². The van der Waals surface area contributed by atoms with Crippen molar-refractivity contribution >= 4 is 29.2 Å². The predicted octanol–water partition coefficient (Wildman–Crippen LogP) is 1.58. The SMILES string of the molecule is CCC[C@@]1(C(=O)O)CCCN1C(=O)[C@H](Cc1cccs1)NCC(=O)O. The number of likely N-dealkylation sites (tertiary alicyclic amines) is 1. The van der Waals surface area contributed by atoms with E-state index in [9.17, 15) is 19.5 Å². The molecule has 1 aromatic rings. The van der Waals surface area contributed by atoms with Gasteiger partial charge in [-0.2, -0.15) is 0 Å². The lowest BCUT2D eigenvalue weighted by atomic mass is 9.90. The van der Waals surface area contributed by atoms with E-state index in [1.54, 1.807) is 0 Å². The summed E-state index contributed by atoms with van der Waals surface area (Å²) in [5.74, 6) is -2.36. The fourth-order valence-corrected chi connectivity index (χ4v) is 4.23. The van der Waals surface area contributed by atoms with Crippen LogP contribution in [-0.2, 0) is 20.8 Å². The Balaban J connectivity index is 2.23. The average molecular weight is 368 g/mol. The molecule has 0 aromatic carbocycles. The molecule has 1 aliphatic heterocycles. The molecule has 3 N–H and O–H groups in total. The molecule has 8 heteroatoms. The number of carboxylic acids is 2. The summed E-state index contributed by atoms with van der Waals surface area (Å²) in [5, 5.41) is 23.4. The van der Waals surface area contributed by atoms with Crippen molar-refractivity contribution in [1.29, 1.82) is 0 Å². The maximum absolute atomic E-state index is 13.1. The van der Waals surface area contributed by atoms with Crippen molar-refractivity contribution in [2.45, 2.75) is 50.6 Å². The molecule has 2 rings (SSSR count). The topological polar surface area (TPSA) is 107 Å². The standard InChI is InChI=1S/C17H24N2O5S/c1-2-6-17(16(23)24)7-4-8-19(17)15(22)13(18-11-14(20)21)10-12-5-3-9-25-12/h3,5,9,13,18H,2,4,6-8,10-11H2,1H3,(H,20,21)(H,23,24)/t13-,17-/m0/s1. The second-order valence-electron chi connectivity index (χ2n) is 6.29. The van der Waals surface area contributed by atoms with E-state index in [0.29, 0.717) is 38.6 Å². The van der Waals surface area contributed by atoms with Crippen LogP contribution in [0.4, 0.5) is 0 Å². The lowest BCUT2D eigenvalue weighted by Crippen LogP contribution is -2.58. The number of carbonyl (C=O) groups is 3. The van der Waals surface area contributed by atoms with E-state index in [0.717, 1.165) is 4.88 Å². The monoisotopic (exact) mass is 368 g/mol. The van der Waals surface area contributed by atoms with Crippen LogP contribution >= 0.6 is 11.3 Å². The molecule has 0 aliphatic carbocycles. The molecule has 0 saturated carbocycles. The number of nitrogens with one attached hydrogen (secondary N) is 1. The van der Waals surface area contributed by atoms with Crippen LogP contribution in [0.15, 0.2) is 17.5 Å². The molecule has 0 unspecified atom stereocenters. The van der Waals surface area contributed by atoms with Crippen molar-refractivity contribution in [3.63, 3.8) is 0 Å². The van der Waals surface area contributed by atoms with Crippen molar-refractivity contribution in [2.24, 2.45) is 0 Å². The third kappa shape index (κ3) is 4.38. The molecular weight excluding hydrogens is 344 g/mol. The highest BCUT2D eigenvalue weighted by atomic mass is 32.1. The number of aliphatic carboxylic acids is 2. The summed E-state index contributed by atoms with van der Waals surface area (Å²) in [6.07, 6.45) is 2.49. The quantitative estimate of drug-likeness (QED) is 0.611. The Morgan fingerprint density at radius 1 is 1.40 bits per heavy atom. The zero-order chi connectivity index (χ0) is 18.4. The van der Waals surface area contributed by atoms with Crippen LogP contribution in [0.1, 0.15) is 37.5 Å². The number of carbonyl (C=O) groups excluding carboxylic acids is 1. The number of nitrogens with zero attached hydrogens (tertiary/aromatic N) is 1. The molecule has 2 heterocycles. The van der Waals surface area contributed by atoms with Crippen molar-refractivity contribution in [3.05, 3.63) is 22.4 Å². The van der Waals surface area contributed by atoms with Gasteiger partial charge in [-0.05, 0) is 30.7 Å². The lowest BCUT2D eigenvalue weighted by molar-refractivity contribution is -0.158. The second kappa shape index (κ2) is 8.44. The summed E-state index contributed by atoms with van der Waals surface area (Å²) in [4.78, 5) is 38.3. The first-order chi connectivity index (χ1) is 11.9. The minimum atomic E-state index is -1.18. The Morgan fingerprint density at radius 3 is 2.72 bits per heavy atom. The van der Waals surface area contributed by atoms with Gasteiger partial charge < -0.3 is 15.1 Å². The molecule has 25 heavy (non-hydrogen) atoms. The number of amides is 1. The molecule has 1 fully saturated rings. The third-order valence-electron chi connectivity index (χ3n) is 4.60. The van der Waals surface area contributed by atoms with Gasteiger partial charge >= 0.3 is 11.9 Å². The smallest absolute Gasteiger partial charge is 0.329 e. The molecule has 7 nitrogen and oxygen atoms in total. The van der Waals surface area contributed by atoms with Gasteiger partial charge in [0.2, 0.25) is 5.91 Å². The van der Waals surface area contributed by atoms with E-state index >= 15 is 0 Å². The fourth-order valence-electron chi connectivity index (χ4n) is 3.48. The van der Waals surface area contributed by atoms with E-state index < -0.39 is 23.5 Å². The van der Waals surface area contributed by atoms with E-state index in [2.05, 4.69) is 5.32 Å². The molecule has 2 atom stereocenters.